The number of nitrogens with zero attached hydrogens (tertiary/aromatic N) is 2. The van der Waals surface area contributed by atoms with Gasteiger partial charge in [-0.15, -0.1) is 0 Å². The number of para-hydroxylation sites is 1. The molecule has 0 aliphatic carbocycles. The molecule has 0 aliphatic rings. The zero-order chi connectivity index (χ0) is 15.4. The van der Waals surface area contributed by atoms with Crippen LogP contribution in [0.2, 0.25) is 0 Å². The van der Waals surface area contributed by atoms with E-state index < -0.39 is 0 Å². The summed E-state index contributed by atoms with van der Waals surface area (Å²) < 4.78 is 10.8. The topological polar surface area (TPSA) is 56.3 Å². The number of benzene rings is 1. The lowest BCUT2D eigenvalue weighted by atomic mass is 10.1. The Hall–Kier alpha value is -2.30. The summed E-state index contributed by atoms with van der Waals surface area (Å²) >= 11 is 0. The molecule has 0 unspecified atom stereocenters. The van der Waals surface area contributed by atoms with Gasteiger partial charge < -0.3 is 14.8 Å². The molecule has 112 valence electrons. The minimum atomic E-state index is 0.629. The third-order valence-electron chi connectivity index (χ3n) is 3.45. The van der Waals surface area contributed by atoms with E-state index >= 15 is 0 Å². The first-order valence-corrected chi connectivity index (χ1v) is 6.92. The fraction of sp³-hybridized carbons (Fsp3) is 0.375. The fourth-order valence-corrected chi connectivity index (χ4v) is 2.41. The molecule has 0 saturated heterocycles. The van der Waals surface area contributed by atoms with E-state index in [-0.39, 0.29) is 0 Å². The van der Waals surface area contributed by atoms with Gasteiger partial charge in [0.05, 0.1) is 19.8 Å². The zero-order valence-electron chi connectivity index (χ0n) is 13.2. The van der Waals surface area contributed by atoms with Gasteiger partial charge in [0.25, 0.3) is 0 Å². The van der Waals surface area contributed by atoms with Crippen LogP contribution in [-0.2, 0) is 6.42 Å². The Labute approximate surface area is 125 Å². The molecule has 1 heterocycles. The molecule has 1 N–H and O–H groups in total. The Morgan fingerprint density at radius 3 is 2.48 bits per heavy atom. The zero-order valence-corrected chi connectivity index (χ0v) is 13.2. The first-order valence-electron chi connectivity index (χ1n) is 6.92. The van der Waals surface area contributed by atoms with E-state index in [1.54, 1.807) is 14.2 Å². The quantitative estimate of drug-likeness (QED) is 0.916. The van der Waals surface area contributed by atoms with Crippen LogP contribution < -0.4 is 14.8 Å². The Bertz CT molecular complexity index is 642. The maximum Gasteiger partial charge on any atom is 0.171 e. The molecule has 0 fully saturated rings. The van der Waals surface area contributed by atoms with E-state index in [0.29, 0.717) is 17.3 Å². The van der Waals surface area contributed by atoms with Crippen LogP contribution in [0.4, 0.5) is 5.82 Å². The van der Waals surface area contributed by atoms with Gasteiger partial charge in [-0.25, -0.2) is 9.97 Å². The predicted octanol–water partition coefficient (Wildman–Crippen LogP) is 3.07. The van der Waals surface area contributed by atoms with E-state index in [1.165, 1.54) is 0 Å². The average molecular weight is 287 g/mol. The first kappa shape index (κ1) is 15.1. The number of aryl methyl sites for hydroxylation is 1. The van der Waals surface area contributed by atoms with Crippen molar-refractivity contribution >= 4 is 5.82 Å². The van der Waals surface area contributed by atoms with Crippen molar-refractivity contribution in [1.29, 1.82) is 0 Å². The smallest absolute Gasteiger partial charge is 0.171 e. The molecule has 0 aliphatic heterocycles. The van der Waals surface area contributed by atoms with Crippen LogP contribution in [0.1, 0.15) is 18.2 Å². The SMILES string of the molecule is CCc1c(C)nc(-c2cccc(OC)c2OC)nc1NC. The maximum atomic E-state index is 5.47. The molecule has 2 rings (SSSR count). The van der Waals surface area contributed by atoms with Crippen LogP contribution in [0.25, 0.3) is 11.4 Å². The molecule has 2 aromatic rings. The van der Waals surface area contributed by atoms with Gasteiger partial charge in [-0.3, -0.25) is 0 Å². The summed E-state index contributed by atoms with van der Waals surface area (Å²) in [6.07, 6.45) is 0.886. The van der Waals surface area contributed by atoms with Crippen molar-refractivity contribution in [3.8, 4) is 22.9 Å². The molecule has 0 bridgehead atoms. The lowest BCUT2D eigenvalue weighted by Gasteiger charge is -2.15. The summed E-state index contributed by atoms with van der Waals surface area (Å²) in [6.45, 7) is 4.09. The lowest BCUT2D eigenvalue weighted by Crippen LogP contribution is -2.05. The van der Waals surface area contributed by atoms with Gasteiger partial charge in [-0.05, 0) is 25.5 Å². The van der Waals surface area contributed by atoms with Gasteiger partial charge in [0.2, 0.25) is 0 Å². The van der Waals surface area contributed by atoms with Crippen LogP contribution in [0.15, 0.2) is 18.2 Å². The molecule has 0 atom stereocenters. The summed E-state index contributed by atoms with van der Waals surface area (Å²) in [4.78, 5) is 9.24. The standard InChI is InChI=1S/C16H21N3O2/c1-6-11-10(2)18-16(19-15(11)17-3)12-8-7-9-13(20-4)14(12)21-5/h7-9H,6H2,1-5H3,(H,17,18,19). The van der Waals surface area contributed by atoms with Crippen LogP contribution in [0, 0.1) is 6.92 Å². The fourth-order valence-electron chi connectivity index (χ4n) is 2.41. The van der Waals surface area contributed by atoms with Crippen LogP contribution in [0.3, 0.4) is 0 Å². The highest BCUT2D eigenvalue weighted by Gasteiger charge is 2.16. The van der Waals surface area contributed by atoms with Gasteiger partial charge >= 0.3 is 0 Å². The number of methoxy groups -OCH3 is 2. The van der Waals surface area contributed by atoms with E-state index in [1.807, 2.05) is 32.2 Å². The summed E-state index contributed by atoms with van der Waals surface area (Å²) in [6, 6.07) is 5.69. The molecule has 5 heteroatoms. The predicted molar refractivity (Wildman–Crippen MR) is 84.2 cm³/mol. The van der Waals surface area contributed by atoms with Crippen molar-refractivity contribution in [2.24, 2.45) is 0 Å². The Kier molecular flexibility index (Phi) is 4.62. The number of rotatable bonds is 5. The molecule has 1 aromatic heterocycles. The maximum absolute atomic E-state index is 5.47. The van der Waals surface area contributed by atoms with E-state index in [0.717, 1.165) is 29.1 Å². The highest BCUT2D eigenvalue weighted by Crippen LogP contribution is 2.37. The summed E-state index contributed by atoms with van der Waals surface area (Å²) in [5.74, 6) is 2.79. The second-order valence-electron chi connectivity index (χ2n) is 4.60. The number of hydrogen-bond acceptors (Lipinski definition) is 5. The summed E-state index contributed by atoms with van der Waals surface area (Å²) in [5.41, 5.74) is 2.92. The Morgan fingerprint density at radius 1 is 1.14 bits per heavy atom. The highest BCUT2D eigenvalue weighted by molar-refractivity contribution is 5.70. The van der Waals surface area contributed by atoms with Crippen molar-refractivity contribution in [3.63, 3.8) is 0 Å². The van der Waals surface area contributed by atoms with Gasteiger partial charge in [0.15, 0.2) is 17.3 Å². The average Bonchev–Trinajstić information content (AvgIpc) is 2.52. The monoisotopic (exact) mass is 287 g/mol. The Morgan fingerprint density at radius 2 is 1.90 bits per heavy atom. The third-order valence-corrected chi connectivity index (χ3v) is 3.45. The molecule has 0 amide bonds. The minimum Gasteiger partial charge on any atom is -0.493 e. The number of nitrogens with one attached hydrogen (secondary N) is 1. The minimum absolute atomic E-state index is 0.629. The van der Waals surface area contributed by atoms with E-state index in [9.17, 15) is 0 Å². The first-order chi connectivity index (χ1) is 10.2. The van der Waals surface area contributed by atoms with Crippen LogP contribution in [-0.4, -0.2) is 31.2 Å². The van der Waals surface area contributed by atoms with Crippen molar-refractivity contribution in [3.05, 3.63) is 29.5 Å². The number of anilines is 1. The molecular formula is C16H21N3O2. The molecule has 0 saturated carbocycles. The second-order valence-corrected chi connectivity index (χ2v) is 4.60. The lowest BCUT2D eigenvalue weighted by molar-refractivity contribution is 0.356. The van der Waals surface area contributed by atoms with Crippen molar-refractivity contribution in [1.82, 2.24) is 9.97 Å². The van der Waals surface area contributed by atoms with E-state index in [4.69, 9.17) is 9.47 Å². The molecule has 21 heavy (non-hydrogen) atoms. The second kappa shape index (κ2) is 6.43. The number of aromatic nitrogens is 2. The molecule has 0 radical (unpaired) electrons. The normalized spacial score (nSPS) is 10.3. The molecule has 0 spiro atoms. The molecular weight excluding hydrogens is 266 g/mol. The highest BCUT2D eigenvalue weighted by atomic mass is 16.5. The van der Waals surface area contributed by atoms with Gasteiger partial charge in [-0.2, -0.15) is 0 Å². The van der Waals surface area contributed by atoms with E-state index in [2.05, 4.69) is 22.2 Å². The van der Waals surface area contributed by atoms with Crippen molar-refractivity contribution in [2.45, 2.75) is 20.3 Å². The summed E-state index contributed by atoms with van der Waals surface area (Å²) in [5, 5.41) is 3.14. The number of hydrogen-bond donors (Lipinski definition) is 1. The largest absolute Gasteiger partial charge is 0.493 e. The van der Waals surface area contributed by atoms with Crippen molar-refractivity contribution in [2.75, 3.05) is 26.6 Å². The van der Waals surface area contributed by atoms with Gasteiger partial charge in [0, 0.05) is 18.3 Å². The molecule has 5 nitrogen and oxygen atoms in total. The van der Waals surface area contributed by atoms with Crippen LogP contribution in [0.5, 0.6) is 11.5 Å². The van der Waals surface area contributed by atoms with Gasteiger partial charge in [-0.1, -0.05) is 13.0 Å². The number of ether oxygens (including phenoxy) is 2. The van der Waals surface area contributed by atoms with Crippen molar-refractivity contribution < 1.29 is 9.47 Å². The van der Waals surface area contributed by atoms with Crippen LogP contribution >= 0.6 is 0 Å². The Balaban J connectivity index is 2.65. The van der Waals surface area contributed by atoms with Gasteiger partial charge in [0.1, 0.15) is 5.82 Å². The summed E-state index contributed by atoms with van der Waals surface area (Å²) in [7, 11) is 5.11. The molecule has 1 aromatic carbocycles. The third kappa shape index (κ3) is 2.77.